The Bertz CT molecular complexity index is 511. The highest BCUT2D eigenvalue weighted by molar-refractivity contribution is 7.89. The number of sulfonamides is 1. The van der Waals surface area contributed by atoms with E-state index in [2.05, 4.69) is 4.72 Å². The first-order valence-electron chi connectivity index (χ1n) is 5.44. The number of benzene rings is 1. The van der Waals surface area contributed by atoms with Gasteiger partial charge in [-0.05, 0) is 36.6 Å². The van der Waals surface area contributed by atoms with Gasteiger partial charge >= 0.3 is 0 Å². The van der Waals surface area contributed by atoms with E-state index in [1.54, 1.807) is 0 Å². The number of hydrogen-bond acceptors (Lipinski definition) is 3. The second-order valence-electron chi connectivity index (χ2n) is 4.16. The summed E-state index contributed by atoms with van der Waals surface area (Å²) in [4.78, 5) is 0.151. The summed E-state index contributed by atoms with van der Waals surface area (Å²) >= 11 is 5.82. The molecule has 0 heterocycles. The molecule has 0 unspecified atom stereocenters. The molecule has 0 aliphatic heterocycles. The standard InChI is InChI=1S/C11H14ClNO3S/c12-11-5-4-10(6-8(11)7-14)17(15,16)13-9-2-1-3-9/h4-6,9,13-14H,1-3,7H2. The molecule has 17 heavy (non-hydrogen) atoms. The Morgan fingerprint density at radius 2 is 2.12 bits per heavy atom. The predicted molar refractivity (Wildman–Crippen MR) is 65.3 cm³/mol. The van der Waals surface area contributed by atoms with Crippen LogP contribution >= 0.6 is 11.6 Å². The second-order valence-corrected chi connectivity index (χ2v) is 6.28. The lowest BCUT2D eigenvalue weighted by Gasteiger charge is -2.26. The van der Waals surface area contributed by atoms with Crippen LogP contribution in [0.3, 0.4) is 0 Å². The van der Waals surface area contributed by atoms with Gasteiger partial charge in [-0.3, -0.25) is 0 Å². The summed E-state index contributed by atoms with van der Waals surface area (Å²) in [6.45, 7) is -0.272. The Morgan fingerprint density at radius 1 is 1.41 bits per heavy atom. The lowest BCUT2D eigenvalue weighted by atomic mass is 9.94. The molecule has 1 aliphatic carbocycles. The smallest absolute Gasteiger partial charge is 0.240 e. The molecule has 1 aromatic carbocycles. The number of hydrogen-bond donors (Lipinski definition) is 2. The van der Waals surface area contributed by atoms with E-state index in [-0.39, 0.29) is 17.5 Å². The minimum atomic E-state index is -3.49. The van der Waals surface area contributed by atoms with Crippen molar-refractivity contribution in [2.45, 2.75) is 36.8 Å². The van der Waals surface area contributed by atoms with Crippen LogP contribution in [0.25, 0.3) is 0 Å². The maximum absolute atomic E-state index is 12.0. The average molecular weight is 276 g/mol. The molecule has 6 heteroatoms. The zero-order chi connectivity index (χ0) is 12.5. The fourth-order valence-corrected chi connectivity index (χ4v) is 3.19. The van der Waals surface area contributed by atoms with E-state index >= 15 is 0 Å². The van der Waals surface area contributed by atoms with Crippen molar-refractivity contribution in [3.8, 4) is 0 Å². The van der Waals surface area contributed by atoms with E-state index < -0.39 is 10.0 Å². The molecule has 1 saturated carbocycles. The van der Waals surface area contributed by atoms with Gasteiger partial charge in [0.05, 0.1) is 11.5 Å². The van der Waals surface area contributed by atoms with Crippen LogP contribution in [0, 0.1) is 0 Å². The molecule has 1 aromatic rings. The maximum atomic E-state index is 12.0. The van der Waals surface area contributed by atoms with E-state index in [0.717, 1.165) is 19.3 Å². The highest BCUT2D eigenvalue weighted by Crippen LogP contribution is 2.23. The summed E-state index contributed by atoms with van der Waals surface area (Å²) < 4.78 is 26.6. The number of nitrogens with one attached hydrogen (secondary N) is 1. The van der Waals surface area contributed by atoms with E-state index in [0.29, 0.717) is 10.6 Å². The van der Waals surface area contributed by atoms with E-state index in [1.165, 1.54) is 18.2 Å². The van der Waals surface area contributed by atoms with Gasteiger partial charge in [-0.2, -0.15) is 0 Å². The van der Waals surface area contributed by atoms with Gasteiger partial charge in [0.1, 0.15) is 0 Å². The number of halogens is 1. The minimum absolute atomic E-state index is 0.0493. The summed E-state index contributed by atoms with van der Waals surface area (Å²) in [6.07, 6.45) is 2.84. The van der Waals surface area contributed by atoms with Gasteiger partial charge in [-0.15, -0.1) is 0 Å². The summed E-state index contributed by atoms with van der Waals surface area (Å²) in [5.41, 5.74) is 0.420. The van der Waals surface area contributed by atoms with Gasteiger partial charge in [0.15, 0.2) is 0 Å². The third-order valence-electron chi connectivity index (χ3n) is 2.92. The van der Waals surface area contributed by atoms with Crippen molar-refractivity contribution < 1.29 is 13.5 Å². The van der Waals surface area contributed by atoms with Gasteiger partial charge in [0.25, 0.3) is 0 Å². The molecular formula is C11H14ClNO3S. The molecule has 2 N–H and O–H groups in total. The van der Waals surface area contributed by atoms with Crippen LogP contribution in [-0.4, -0.2) is 19.6 Å². The molecule has 94 valence electrons. The van der Waals surface area contributed by atoms with Crippen LogP contribution in [-0.2, 0) is 16.6 Å². The fraction of sp³-hybridized carbons (Fsp3) is 0.455. The summed E-state index contributed by atoms with van der Waals surface area (Å²) in [7, 11) is -3.49. The van der Waals surface area contributed by atoms with Crippen LogP contribution in [0.5, 0.6) is 0 Å². The first-order valence-corrected chi connectivity index (χ1v) is 7.30. The predicted octanol–water partition coefficient (Wildman–Crippen LogP) is 1.66. The lowest BCUT2D eigenvalue weighted by molar-refractivity contribution is 0.281. The fourth-order valence-electron chi connectivity index (χ4n) is 1.65. The summed E-state index contributed by atoms with van der Waals surface area (Å²) in [5, 5.41) is 9.42. The minimum Gasteiger partial charge on any atom is -0.392 e. The van der Waals surface area contributed by atoms with Crippen molar-refractivity contribution in [3.05, 3.63) is 28.8 Å². The molecule has 0 saturated heterocycles. The molecule has 1 aliphatic rings. The zero-order valence-electron chi connectivity index (χ0n) is 9.19. The largest absolute Gasteiger partial charge is 0.392 e. The SMILES string of the molecule is O=S(=O)(NC1CCC1)c1ccc(Cl)c(CO)c1. The monoisotopic (exact) mass is 275 g/mol. The third kappa shape index (κ3) is 2.80. The normalized spacial score (nSPS) is 16.8. The molecular weight excluding hydrogens is 262 g/mol. The van der Waals surface area contributed by atoms with Gasteiger partial charge < -0.3 is 5.11 Å². The molecule has 0 atom stereocenters. The Labute approximate surface area is 106 Å². The number of aliphatic hydroxyl groups excluding tert-OH is 1. The Kier molecular flexibility index (Phi) is 3.73. The summed E-state index contributed by atoms with van der Waals surface area (Å²) in [5.74, 6) is 0. The Balaban J connectivity index is 2.25. The second kappa shape index (κ2) is 4.94. The van der Waals surface area contributed by atoms with Crippen molar-refractivity contribution in [2.75, 3.05) is 0 Å². The lowest BCUT2D eigenvalue weighted by Crippen LogP contribution is -2.39. The summed E-state index contributed by atoms with van der Waals surface area (Å²) in [6, 6.07) is 4.39. The maximum Gasteiger partial charge on any atom is 0.240 e. The average Bonchev–Trinajstić information content (AvgIpc) is 2.24. The zero-order valence-corrected chi connectivity index (χ0v) is 10.8. The Hall–Kier alpha value is -0.620. The van der Waals surface area contributed by atoms with Crippen molar-refractivity contribution in [1.82, 2.24) is 4.72 Å². The first-order chi connectivity index (χ1) is 8.03. The van der Waals surface area contributed by atoms with Crippen molar-refractivity contribution >= 4 is 21.6 Å². The van der Waals surface area contributed by atoms with Crippen molar-refractivity contribution in [2.24, 2.45) is 0 Å². The van der Waals surface area contributed by atoms with E-state index in [4.69, 9.17) is 16.7 Å². The van der Waals surface area contributed by atoms with Crippen LogP contribution in [0.15, 0.2) is 23.1 Å². The quantitative estimate of drug-likeness (QED) is 0.878. The van der Waals surface area contributed by atoms with Gasteiger partial charge in [0, 0.05) is 11.1 Å². The van der Waals surface area contributed by atoms with E-state index in [1.807, 2.05) is 0 Å². The first kappa shape index (κ1) is 12.8. The van der Waals surface area contributed by atoms with Gasteiger partial charge in [-0.25, -0.2) is 13.1 Å². The highest BCUT2D eigenvalue weighted by Gasteiger charge is 2.24. The van der Waals surface area contributed by atoms with Gasteiger partial charge in [-0.1, -0.05) is 18.0 Å². The number of aliphatic hydroxyl groups is 1. The van der Waals surface area contributed by atoms with Crippen molar-refractivity contribution in [3.63, 3.8) is 0 Å². The molecule has 2 rings (SSSR count). The molecule has 0 amide bonds. The molecule has 0 aromatic heterocycles. The van der Waals surface area contributed by atoms with Crippen LogP contribution in [0.1, 0.15) is 24.8 Å². The van der Waals surface area contributed by atoms with Crippen LogP contribution < -0.4 is 4.72 Å². The van der Waals surface area contributed by atoms with Crippen LogP contribution in [0.2, 0.25) is 5.02 Å². The van der Waals surface area contributed by atoms with Gasteiger partial charge in [0.2, 0.25) is 10.0 Å². The molecule has 4 nitrogen and oxygen atoms in total. The number of rotatable bonds is 4. The van der Waals surface area contributed by atoms with E-state index in [9.17, 15) is 8.42 Å². The van der Waals surface area contributed by atoms with Crippen molar-refractivity contribution in [1.29, 1.82) is 0 Å². The highest BCUT2D eigenvalue weighted by atomic mass is 35.5. The Morgan fingerprint density at radius 3 is 2.65 bits per heavy atom. The molecule has 0 bridgehead atoms. The topological polar surface area (TPSA) is 66.4 Å². The molecule has 1 fully saturated rings. The van der Waals surface area contributed by atoms with Crippen LogP contribution in [0.4, 0.5) is 0 Å². The molecule has 0 radical (unpaired) electrons. The third-order valence-corrected chi connectivity index (χ3v) is 4.81. The molecule has 0 spiro atoms.